The number of imide groups is 1. The van der Waals surface area contributed by atoms with Gasteiger partial charge < -0.3 is 39.1 Å². The molecule has 0 aliphatic carbocycles. The summed E-state index contributed by atoms with van der Waals surface area (Å²) in [5, 5.41) is 12.7. The Hall–Kier alpha value is -0.470. The summed E-state index contributed by atoms with van der Waals surface area (Å²) in [5.41, 5.74) is 0. The molecule has 0 saturated heterocycles. The van der Waals surface area contributed by atoms with Crippen molar-refractivity contribution in [2.75, 3.05) is 0 Å². The summed E-state index contributed by atoms with van der Waals surface area (Å²) < 4.78 is 0. The first-order valence-electron chi connectivity index (χ1n) is 2.14. The van der Waals surface area contributed by atoms with E-state index in [-0.39, 0.29) is 34.0 Å². The van der Waals surface area contributed by atoms with Crippen LogP contribution in [0, 0.1) is 0 Å². The second kappa shape index (κ2) is 5.22. The van der Waals surface area contributed by atoms with Gasteiger partial charge in [-0.05, 0) is 0 Å². The number of amides is 4. The van der Waals surface area contributed by atoms with Gasteiger partial charge in [0.25, 0.3) is 0 Å². The Morgan fingerprint density at radius 3 is 2.27 bits per heavy atom. The molecule has 0 fully saturated rings. The number of carbonyl (C=O) groups is 2. The molecule has 0 aromatic heterocycles. The van der Waals surface area contributed by atoms with Crippen molar-refractivity contribution in [3.05, 3.63) is 0 Å². The van der Waals surface area contributed by atoms with E-state index >= 15 is 0 Å². The zero-order valence-electron chi connectivity index (χ0n) is 5.01. The molecule has 64 valence electrons. The molecule has 0 spiro atoms. The molecule has 1 heterocycles. The van der Waals surface area contributed by atoms with Gasteiger partial charge in [-0.15, -0.1) is 0 Å². The zero-order valence-corrected chi connectivity index (χ0v) is 8.18. The van der Waals surface area contributed by atoms with E-state index < -0.39 is 18.1 Å². The van der Waals surface area contributed by atoms with Crippen LogP contribution >= 0.6 is 0 Å². The zero-order chi connectivity index (χ0) is 6.85. The number of primary amides is 1. The van der Waals surface area contributed by atoms with Crippen LogP contribution in [0.15, 0.2) is 4.99 Å². The Balaban J connectivity index is 0. The topological polar surface area (TPSA) is 98.2 Å². The maximum absolute atomic E-state index is 10.2. The van der Waals surface area contributed by atoms with Crippen molar-refractivity contribution in [2.45, 2.75) is 0 Å². The van der Waals surface area contributed by atoms with E-state index in [9.17, 15) is 14.7 Å². The summed E-state index contributed by atoms with van der Waals surface area (Å²) in [5.74, 6) is 0. The second-order valence-corrected chi connectivity index (χ2v) is 1.39. The number of nitrogens with zero attached hydrogens (tertiary/aromatic N) is 1. The van der Waals surface area contributed by atoms with E-state index in [2.05, 4.69) is 4.99 Å². The molecule has 3 N–H and O–H groups in total. The van der Waals surface area contributed by atoms with Crippen molar-refractivity contribution in [1.29, 1.82) is 0 Å². The number of nitrogens with two attached hydrogens (primary N) is 1. The molecule has 1 aliphatic heterocycles. The van der Waals surface area contributed by atoms with Crippen molar-refractivity contribution in [3.63, 3.8) is 0 Å². The highest BCUT2D eigenvalue weighted by Crippen LogP contribution is 1.73. The van der Waals surface area contributed by atoms with Crippen LogP contribution in [0.3, 0.4) is 0 Å². The number of quaternary nitrogens is 1. The predicted octanol–water partition coefficient (Wildman–Crippen LogP) is -8.88. The first kappa shape index (κ1) is 13.1. The van der Waals surface area contributed by atoms with Gasteiger partial charge in [0.05, 0.1) is 0 Å². The van der Waals surface area contributed by atoms with E-state index in [4.69, 9.17) is 0 Å². The van der Waals surface area contributed by atoms with E-state index in [0.29, 0.717) is 5.32 Å². The maximum atomic E-state index is 10.2. The fourth-order valence-electron chi connectivity index (χ4n) is 0.414. The number of halogens is 2. The van der Waals surface area contributed by atoms with Crippen LogP contribution in [0.2, 0.25) is 0 Å². The van der Waals surface area contributed by atoms with Crippen LogP contribution < -0.4 is 49.7 Å². The number of aliphatic imine (C=N–C) groups is 1. The Bertz CT molecular complexity index is 204. The highest BCUT2D eigenvalue weighted by molar-refractivity contribution is 5.99. The molecule has 0 saturated carbocycles. The number of hydrogen-bond acceptors (Lipinski definition) is 3. The van der Waals surface area contributed by atoms with E-state index in [1.54, 1.807) is 5.32 Å². The van der Waals surface area contributed by atoms with Gasteiger partial charge in [0.1, 0.15) is 0 Å². The lowest BCUT2D eigenvalue weighted by atomic mass is 10.8. The smallest absolute Gasteiger partial charge is 0.426 e. The summed E-state index contributed by atoms with van der Waals surface area (Å²) in [6, 6.07) is -2.41. The molecular formula is C3H3Br2N3O3-2. The van der Waals surface area contributed by atoms with Gasteiger partial charge in [-0.2, -0.15) is 4.99 Å². The Kier molecular flexibility index (Phi) is 6.23. The number of rotatable bonds is 0. The van der Waals surface area contributed by atoms with Crippen LogP contribution in [0.25, 0.3) is 0 Å². The Morgan fingerprint density at radius 2 is 1.91 bits per heavy atom. The van der Waals surface area contributed by atoms with E-state index in [0.717, 1.165) is 0 Å². The summed E-state index contributed by atoms with van der Waals surface area (Å²) >= 11 is 0. The lowest BCUT2D eigenvalue weighted by Crippen LogP contribution is -3.00. The maximum Gasteiger partial charge on any atom is 0.426 e. The summed E-state index contributed by atoms with van der Waals surface area (Å²) in [6.07, 6.45) is 0. The molecule has 0 unspecified atom stereocenters. The van der Waals surface area contributed by atoms with Crippen LogP contribution in [0.1, 0.15) is 0 Å². The number of amidine groups is 1. The minimum atomic E-state index is -0.896. The minimum absolute atomic E-state index is 0. The monoisotopic (exact) mass is 287 g/mol. The van der Waals surface area contributed by atoms with Gasteiger partial charge in [0.2, 0.25) is 0 Å². The number of hydrogen-bond donors (Lipinski definition) is 2. The molecule has 0 aromatic carbocycles. The molecule has 8 heteroatoms. The molecule has 0 bridgehead atoms. The van der Waals surface area contributed by atoms with Gasteiger partial charge in [0.15, 0.2) is 6.02 Å². The average molecular weight is 289 g/mol. The van der Waals surface area contributed by atoms with Gasteiger partial charge in [-0.1, -0.05) is 0 Å². The molecule has 0 aromatic rings. The molecule has 1 aliphatic rings. The SMILES string of the molecule is O=C1N=C([O-])[NH2+]C(=O)N1.[Br-].[Br-]. The molecule has 11 heavy (non-hydrogen) atoms. The molecule has 1 rings (SSSR count). The molecular weight excluding hydrogens is 286 g/mol. The molecule has 4 amide bonds. The molecule has 0 radical (unpaired) electrons. The third-order valence-electron chi connectivity index (χ3n) is 0.696. The van der Waals surface area contributed by atoms with Crippen LogP contribution in [-0.4, -0.2) is 18.1 Å². The minimum Gasteiger partial charge on any atom is -1.00 e. The molecule has 0 atom stereocenters. The average Bonchev–Trinajstić information content (AvgIpc) is 1.59. The van der Waals surface area contributed by atoms with Crippen molar-refractivity contribution in [1.82, 2.24) is 5.32 Å². The number of nitrogens with one attached hydrogen (secondary N) is 1. The van der Waals surface area contributed by atoms with Crippen molar-refractivity contribution < 1.29 is 54.0 Å². The third-order valence-corrected chi connectivity index (χ3v) is 0.696. The van der Waals surface area contributed by atoms with Gasteiger partial charge in [-0.3, -0.25) is 0 Å². The normalized spacial score (nSPS) is 15.5. The Labute approximate surface area is 82.6 Å². The lowest BCUT2D eigenvalue weighted by Gasteiger charge is -2.08. The second-order valence-electron chi connectivity index (χ2n) is 1.39. The van der Waals surface area contributed by atoms with Crippen molar-refractivity contribution >= 4 is 18.1 Å². The van der Waals surface area contributed by atoms with Crippen molar-refractivity contribution in [2.24, 2.45) is 4.99 Å². The fourth-order valence-corrected chi connectivity index (χ4v) is 0.414. The van der Waals surface area contributed by atoms with Crippen LogP contribution in [-0.2, 0) is 0 Å². The fraction of sp³-hybridized carbons (Fsp3) is 0. The van der Waals surface area contributed by atoms with Crippen LogP contribution in [0.4, 0.5) is 9.59 Å². The Morgan fingerprint density at radius 1 is 1.36 bits per heavy atom. The lowest BCUT2D eigenvalue weighted by molar-refractivity contribution is -0.514. The predicted molar refractivity (Wildman–Crippen MR) is 23.3 cm³/mol. The van der Waals surface area contributed by atoms with Crippen LogP contribution in [0.5, 0.6) is 0 Å². The summed E-state index contributed by atoms with van der Waals surface area (Å²) in [7, 11) is 0. The quantitative estimate of drug-likeness (QED) is 0.463. The van der Waals surface area contributed by atoms with E-state index in [1.165, 1.54) is 0 Å². The third kappa shape index (κ3) is 4.06. The van der Waals surface area contributed by atoms with Gasteiger partial charge in [-0.25, -0.2) is 20.2 Å². The van der Waals surface area contributed by atoms with Gasteiger partial charge >= 0.3 is 12.1 Å². The van der Waals surface area contributed by atoms with Gasteiger partial charge in [0, 0.05) is 0 Å². The summed E-state index contributed by atoms with van der Waals surface area (Å²) in [4.78, 5) is 23.2. The van der Waals surface area contributed by atoms with Crippen molar-refractivity contribution in [3.8, 4) is 0 Å². The molecule has 6 nitrogen and oxygen atoms in total. The highest BCUT2D eigenvalue weighted by Gasteiger charge is 2.15. The summed E-state index contributed by atoms with van der Waals surface area (Å²) in [6.45, 7) is 0. The highest BCUT2D eigenvalue weighted by atomic mass is 79.9. The first-order chi connectivity index (χ1) is 4.18. The largest absolute Gasteiger partial charge is 1.00 e. The standard InChI is InChI=1S/C3H3N3O3.2BrH/c7-1-4-2(8)6-3(9)5-1;;/h(H3,4,5,6,7,8,9);2*1H/p-2. The number of urea groups is 2. The number of carbonyl (C=O) groups excluding carboxylic acids is 2. The first-order valence-corrected chi connectivity index (χ1v) is 2.14. The van der Waals surface area contributed by atoms with E-state index in [1.807, 2.05) is 0 Å².